The van der Waals surface area contributed by atoms with Crippen LogP contribution in [0.25, 0.3) is 45.3 Å². The summed E-state index contributed by atoms with van der Waals surface area (Å²) in [6.45, 7) is 2.08. The number of aryl methyl sites for hydroxylation is 1. The normalized spacial score (nSPS) is 22.4. The maximum atomic E-state index is 6.99. The summed E-state index contributed by atoms with van der Waals surface area (Å²) in [5.41, 5.74) is 17.0. The molecule has 0 saturated carbocycles. The van der Waals surface area contributed by atoms with Gasteiger partial charge in [0.15, 0.2) is 5.58 Å². The van der Waals surface area contributed by atoms with E-state index < -0.39 is 5.41 Å². The molecule has 252 valence electrons. The lowest BCUT2D eigenvalue weighted by Crippen LogP contribution is -2.50. The number of nitrogens with two attached hydrogens (primary N) is 1. The van der Waals surface area contributed by atoms with Crippen LogP contribution < -0.4 is 15.2 Å². The number of fused-ring (bicyclic) bond motifs is 12. The number of furan rings is 2. The predicted octanol–water partition coefficient (Wildman–Crippen LogP) is 10.9. The van der Waals surface area contributed by atoms with E-state index in [1.54, 1.807) is 0 Å². The Bertz CT molecular complexity index is 2730. The molecule has 4 atom stereocenters. The number of aromatic nitrogens is 1. The number of ether oxygens (including phenoxy) is 2. The molecule has 3 N–H and O–H groups in total. The second-order valence-electron chi connectivity index (χ2n) is 14.2. The van der Waals surface area contributed by atoms with Gasteiger partial charge in [0.25, 0.3) is 0 Å². The molecule has 6 heteroatoms. The maximum absolute atomic E-state index is 6.99. The first-order valence-electron chi connectivity index (χ1n) is 17.9. The minimum absolute atomic E-state index is 0.0422. The Balaban J connectivity index is 1.10. The summed E-state index contributed by atoms with van der Waals surface area (Å²) in [6, 6.07) is 31.9. The van der Waals surface area contributed by atoms with Gasteiger partial charge in [0.05, 0.1) is 10.9 Å². The van der Waals surface area contributed by atoms with E-state index in [1.807, 2.05) is 30.5 Å². The van der Waals surface area contributed by atoms with Gasteiger partial charge in [-0.05, 0) is 84.8 Å². The van der Waals surface area contributed by atoms with Crippen LogP contribution in [0.1, 0.15) is 51.7 Å². The van der Waals surface area contributed by atoms with Crippen LogP contribution in [0.2, 0.25) is 0 Å². The number of allylic oxidation sites excluding steroid dienone is 3. The molecular weight excluding hydrogens is 645 g/mol. The smallest absolute Gasteiger partial charge is 0.152 e. The summed E-state index contributed by atoms with van der Waals surface area (Å²) in [5.74, 6) is 4.38. The van der Waals surface area contributed by atoms with Gasteiger partial charge in [0, 0.05) is 51.2 Å². The van der Waals surface area contributed by atoms with Crippen LogP contribution in [0.15, 0.2) is 142 Å². The van der Waals surface area contributed by atoms with Gasteiger partial charge in [-0.1, -0.05) is 78.9 Å². The number of nitrogens with one attached hydrogen (secondary N) is 1. The number of aromatic amines is 1. The van der Waals surface area contributed by atoms with Crippen molar-refractivity contribution in [3.05, 3.63) is 173 Å². The largest absolute Gasteiger partial charge is 0.485 e. The van der Waals surface area contributed by atoms with E-state index in [-0.39, 0.29) is 17.9 Å². The molecule has 0 amide bonds. The zero-order valence-electron chi connectivity index (χ0n) is 28.4. The summed E-state index contributed by atoms with van der Waals surface area (Å²) >= 11 is 0. The summed E-state index contributed by atoms with van der Waals surface area (Å²) in [4.78, 5) is 3.43. The fourth-order valence-electron chi connectivity index (χ4n) is 9.48. The zero-order chi connectivity index (χ0) is 34.6. The minimum Gasteiger partial charge on any atom is -0.485 e. The molecule has 1 spiro atoms. The van der Waals surface area contributed by atoms with Crippen molar-refractivity contribution in [2.75, 3.05) is 0 Å². The number of benzene rings is 4. The Labute approximate surface area is 300 Å². The van der Waals surface area contributed by atoms with E-state index in [2.05, 4.69) is 115 Å². The summed E-state index contributed by atoms with van der Waals surface area (Å²) in [5, 5.41) is 1.07. The van der Waals surface area contributed by atoms with Crippen LogP contribution in [0.3, 0.4) is 0 Å². The van der Waals surface area contributed by atoms with Crippen molar-refractivity contribution in [2.24, 2.45) is 11.7 Å². The number of rotatable bonds is 3. The van der Waals surface area contributed by atoms with Crippen LogP contribution in [0.4, 0.5) is 0 Å². The molecule has 0 radical (unpaired) electrons. The lowest BCUT2D eigenvalue weighted by Gasteiger charge is -2.51. The van der Waals surface area contributed by atoms with Gasteiger partial charge in [-0.15, -0.1) is 0 Å². The molecule has 7 aromatic rings. The quantitative estimate of drug-likeness (QED) is 0.194. The van der Waals surface area contributed by atoms with Crippen molar-refractivity contribution < 1.29 is 18.3 Å². The number of para-hydroxylation sites is 2. The SMILES string of the molecule is Cc1c(/C=C\N)oc2cccc(-c3ccc4c(c3)Oc3ccccc3C43c4ccccc4OC4C=C(C5CC=Cc6oc7cc[nH]c7c65)C=CC43)c12. The first kappa shape index (κ1) is 29.3. The Morgan fingerprint density at radius 3 is 2.54 bits per heavy atom. The fourth-order valence-corrected chi connectivity index (χ4v) is 9.48. The average Bonchev–Trinajstić information content (AvgIpc) is 3.87. The van der Waals surface area contributed by atoms with Gasteiger partial charge < -0.3 is 29.0 Å². The van der Waals surface area contributed by atoms with Gasteiger partial charge in [-0.2, -0.15) is 0 Å². The maximum Gasteiger partial charge on any atom is 0.152 e. The van der Waals surface area contributed by atoms with Crippen LogP contribution in [-0.2, 0) is 5.41 Å². The molecule has 0 bridgehead atoms. The van der Waals surface area contributed by atoms with E-state index in [1.165, 1.54) is 17.3 Å². The average molecular weight is 679 g/mol. The van der Waals surface area contributed by atoms with Crippen LogP contribution in [0.5, 0.6) is 17.2 Å². The summed E-state index contributed by atoms with van der Waals surface area (Å²) in [7, 11) is 0. The molecule has 4 aliphatic rings. The minimum atomic E-state index is -0.572. The number of hydrogen-bond donors (Lipinski definition) is 2. The lowest BCUT2D eigenvalue weighted by atomic mass is 9.56. The molecule has 0 saturated heterocycles. The third-order valence-corrected chi connectivity index (χ3v) is 11.6. The third kappa shape index (κ3) is 3.89. The van der Waals surface area contributed by atoms with Gasteiger partial charge in [0.2, 0.25) is 0 Å². The highest BCUT2D eigenvalue weighted by Crippen LogP contribution is 2.62. The Hall–Kier alpha value is -6.40. The topological polar surface area (TPSA) is 86.6 Å². The zero-order valence-corrected chi connectivity index (χ0v) is 28.4. The van der Waals surface area contributed by atoms with E-state index in [4.69, 9.17) is 24.0 Å². The standard InChI is InChI=1S/C46H34N2O4/c1-26-35(20-22-47)49-38-14-6-8-29(43(26)38)27-16-18-33-41(24-27)50-36-12-4-2-10-31(36)46(33)32-11-3-5-13-37(32)51-42-25-28(17-19-34(42)46)30-9-7-15-39-44(30)45-40(52-39)21-23-48-45/h2-8,10-25,30,34,42,48H,9,47H2,1H3/b22-20-. The van der Waals surface area contributed by atoms with Crippen molar-refractivity contribution in [2.45, 2.75) is 30.8 Å². The molecule has 0 fully saturated rings. The van der Waals surface area contributed by atoms with Crippen molar-refractivity contribution in [3.8, 4) is 28.4 Å². The predicted molar refractivity (Wildman–Crippen MR) is 205 cm³/mol. The highest BCUT2D eigenvalue weighted by Gasteiger charge is 2.55. The van der Waals surface area contributed by atoms with Crippen LogP contribution in [0, 0.1) is 12.8 Å². The van der Waals surface area contributed by atoms with Crippen molar-refractivity contribution in [1.82, 2.24) is 4.98 Å². The fraction of sp³-hybridized carbons (Fsp3) is 0.130. The molecule has 11 rings (SSSR count). The van der Waals surface area contributed by atoms with E-state index >= 15 is 0 Å². The molecule has 2 aliphatic heterocycles. The first-order chi connectivity index (χ1) is 25.6. The highest BCUT2D eigenvalue weighted by atomic mass is 16.5. The van der Waals surface area contributed by atoms with E-state index in [0.717, 1.165) is 90.6 Å². The van der Waals surface area contributed by atoms with Crippen molar-refractivity contribution in [1.29, 1.82) is 0 Å². The Kier molecular flexibility index (Phi) is 6.09. The van der Waals surface area contributed by atoms with E-state index in [0.29, 0.717) is 0 Å². The van der Waals surface area contributed by atoms with Crippen LogP contribution in [-0.4, -0.2) is 11.1 Å². The highest BCUT2D eigenvalue weighted by molar-refractivity contribution is 5.98. The molecule has 2 aliphatic carbocycles. The van der Waals surface area contributed by atoms with Crippen molar-refractivity contribution >= 4 is 34.2 Å². The van der Waals surface area contributed by atoms with Crippen molar-refractivity contribution in [3.63, 3.8) is 0 Å². The van der Waals surface area contributed by atoms with Gasteiger partial charge in [-0.3, -0.25) is 0 Å². The third-order valence-electron chi connectivity index (χ3n) is 11.6. The van der Waals surface area contributed by atoms with E-state index in [9.17, 15) is 0 Å². The first-order valence-corrected chi connectivity index (χ1v) is 17.9. The molecule has 3 aromatic heterocycles. The van der Waals surface area contributed by atoms with Gasteiger partial charge >= 0.3 is 0 Å². The number of hydrogen-bond acceptors (Lipinski definition) is 5. The van der Waals surface area contributed by atoms with Gasteiger partial charge in [-0.25, -0.2) is 0 Å². The molecule has 52 heavy (non-hydrogen) atoms. The molecule has 6 nitrogen and oxygen atoms in total. The Morgan fingerprint density at radius 1 is 0.827 bits per heavy atom. The second kappa shape index (κ2) is 10.8. The van der Waals surface area contributed by atoms with Gasteiger partial charge in [0.1, 0.15) is 40.5 Å². The molecule has 4 unspecified atom stereocenters. The number of H-pyrrole nitrogens is 1. The summed E-state index contributed by atoms with van der Waals surface area (Å²) in [6.07, 6.45) is 17.4. The molecule has 5 heterocycles. The second-order valence-corrected chi connectivity index (χ2v) is 14.2. The van der Waals surface area contributed by atoms with Crippen LogP contribution >= 0.6 is 0 Å². The molecule has 4 aromatic carbocycles. The lowest BCUT2D eigenvalue weighted by molar-refractivity contribution is 0.133. The Morgan fingerprint density at radius 2 is 1.65 bits per heavy atom. The molecular formula is C46H34N2O4. The summed E-state index contributed by atoms with van der Waals surface area (Å²) < 4.78 is 26.3. The monoisotopic (exact) mass is 678 g/mol.